The SMILES string of the molecule is COc1ccc(Br)cc1/C=C/C(=O)Nc1ccc2oc(-c3ccccc3Cl)nc2c1. The first kappa shape index (κ1) is 20.2. The molecule has 1 N–H and O–H groups in total. The van der Waals surface area contributed by atoms with Crippen LogP contribution in [0.3, 0.4) is 0 Å². The Kier molecular flexibility index (Phi) is 5.88. The average Bonchev–Trinajstić information content (AvgIpc) is 3.16. The molecule has 0 spiro atoms. The number of aromatic nitrogens is 1. The van der Waals surface area contributed by atoms with E-state index in [9.17, 15) is 4.79 Å². The van der Waals surface area contributed by atoms with E-state index in [1.807, 2.05) is 36.4 Å². The molecule has 0 radical (unpaired) electrons. The molecule has 1 aromatic heterocycles. The van der Waals surface area contributed by atoms with Crippen molar-refractivity contribution in [2.45, 2.75) is 0 Å². The summed E-state index contributed by atoms with van der Waals surface area (Å²) in [7, 11) is 1.59. The fourth-order valence-corrected chi connectivity index (χ4v) is 3.54. The topological polar surface area (TPSA) is 64.4 Å². The van der Waals surface area contributed by atoms with Crippen LogP contribution < -0.4 is 10.1 Å². The van der Waals surface area contributed by atoms with Crippen LogP contribution in [0.2, 0.25) is 5.02 Å². The summed E-state index contributed by atoms with van der Waals surface area (Å²) in [5.41, 5.74) is 3.35. The van der Waals surface area contributed by atoms with E-state index >= 15 is 0 Å². The number of hydrogen-bond acceptors (Lipinski definition) is 4. The third-order valence-corrected chi connectivity index (χ3v) is 5.19. The van der Waals surface area contributed by atoms with Gasteiger partial charge in [-0.15, -0.1) is 0 Å². The molecule has 0 saturated carbocycles. The van der Waals surface area contributed by atoms with E-state index < -0.39 is 0 Å². The lowest BCUT2D eigenvalue weighted by atomic mass is 10.2. The van der Waals surface area contributed by atoms with Crippen LogP contribution in [0.25, 0.3) is 28.6 Å². The number of nitrogens with zero attached hydrogens (tertiary/aromatic N) is 1. The monoisotopic (exact) mass is 482 g/mol. The van der Waals surface area contributed by atoms with E-state index in [0.29, 0.717) is 39.0 Å². The largest absolute Gasteiger partial charge is 0.496 e. The minimum Gasteiger partial charge on any atom is -0.496 e. The van der Waals surface area contributed by atoms with E-state index in [-0.39, 0.29) is 5.91 Å². The highest BCUT2D eigenvalue weighted by Gasteiger charge is 2.12. The summed E-state index contributed by atoms with van der Waals surface area (Å²) in [5, 5.41) is 3.39. The predicted octanol–water partition coefficient (Wildman–Crippen LogP) is 6.57. The van der Waals surface area contributed by atoms with Gasteiger partial charge in [0.1, 0.15) is 11.3 Å². The van der Waals surface area contributed by atoms with Crippen molar-refractivity contribution in [1.29, 1.82) is 0 Å². The Labute approximate surface area is 186 Å². The molecule has 4 aromatic rings. The molecule has 1 heterocycles. The normalized spacial score (nSPS) is 11.2. The third kappa shape index (κ3) is 4.40. The van der Waals surface area contributed by atoms with E-state index in [2.05, 4.69) is 26.2 Å². The molecule has 30 heavy (non-hydrogen) atoms. The Morgan fingerprint density at radius 3 is 2.80 bits per heavy atom. The molecule has 1 amide bonds. The highest BCUT2D eigenvalue weighted by molar-refractivity contribution is 9.10. The summed E-state index contributed by atoms with van der Waals surface area (Å²) in [6.45, 7) is 0. The maximum atomic E-state index is 12.4. The van der Waals surface area contributed by atoms with Crippen molar-refractivity contribution in [3.63, 3.8) is 0 Å². The second kappa shape index (κ2) is 8.73. The standard InChI is InChI=1S/C23H16BrClN2O3/c1-29-20-9-7-15(24)12-14(20)6-11-22(28)26-16-8-10-21-19(13-16)27-23(30-21)17-4-2-3-5-18(17)25/h2-13H,1H3,(H,26,28)/b11-6+. The third-order valence-electron chi connectivity index (χ3n) is 4.37. The molecule has 0 aliphatic rings. The van der Waals surface area contributed by atoms with E-state index in [0.717, 1.165) is 10.0 Å². The van der Waals surface area contributed by atoms with E-state index in [1.54, 1.807) is 37.5 Å². The molecule has 150 valence electrons. The number of halogens is 2. The van der Waals surface area contributed by atoms with Gasteiger partial charge in [0.2, 0.25) is 11.8 Å². The zero-order valence-corrected chi connectivity index (χ0v) is 18.2. The van der Waals surface area contributed by atoms with Crippen LogP contribution in [0.15, 0.2) is 75.6 Å². The van der Waals surface area contributed by atoms with Crippen LogP contribution in [-0.4, -0.2) is 18.0 Å². The van der Waals surface area contributed by atoms with Gasteiger partial charge in [-0.2, -0.15) is 0 Å². The van der Waals surface area contributed by atoms with Gasteiger partial charge < -0.3 is 14.5 Å². The van der Waals surface area contributed by atoms with Gasteiger partial charge in [0.25, 0.3) is 0 Å². The smallest absolute Gasteiger partial charge is 0.248 e. The van der Waals surface area contributed by atoms with Crippen LogP contribution in [0.1, 0.15) is 5.56 Å². The second-order valence-corrected chi connectivity index (χ2v) is 7.71. The predicted molar refractivity (Wildman–Crippen MR) is 123 cm³/mol. The first-order valence-electron chi connectivity index (χ1n) is 9.01. The Hall–Kier alpha value is -3.09. The second-order valence-electron chi connectivity index (χ2n) is 6.39. The number of ether oxygens (including phenoxy) is 1. The summed E-state index contributed by atoms with van der Waals surface area (Å²) >= 11 is 9.65. The number of nitrogens with one attached hydrogen (secondary N) is 1. The van der Waals surface area contributed by atoms with Crippen LogP contribution in [-0.2, 0) is 4.79 Å². The van der Waals surface area contributed by atoms with Gasteiger partial charge in [0, 0.05) is 21.8 Å². The minimum atomic E-state index is -0.272. The Morgan fingerprint density at radius 1 is 1.17 bits per heavy atom. The van der Waals surface area contributed by atoms with Gasteiger partial charge in [-0.05, 0) is 54.6 Å². The maximum Gasteiger partial charge on any atom is 0.248 e. The molecule has 7 heteroatoms. The molecular formula is C23H16BrClN2O3. The van der Waals surface area contributed by atoms with Crippen molar-refractivity contribution in [1.82, 2.24) is 4.98 Å². The van der Waals surface area contributed by atoms with Crippen molar-refractivity contribution in [2.75, 3.05) is 12.4 Å². The van der Waals surface area contributed by atoms with Crippen LogP contribution in [0.5, 0.6) is 5.75 Å². The molecule has 3 aromatic carbocycles. The summed E-state index contributed by atoms with van der Waals surface area (Å²) in [6.07, 6.45) is 3.15. The van der Waals surface area contributed by atoms with Crippen molar-refractivity contribution in [3.8, 4) is 17.2 Å². The number of rotatable bonds is 5. The lowest BCUT2D eigenvalue weighted by Gasteiger charge is -2.05. The summed E-state index contributed by atoms with van der Waals surface area (Å²) in [6, 6.07) is 18.2. The number of anilines is 1. The number of fused-ring (bicyclic) bond motifs is 1. The van der Waals surface area contributed by atoms with E-state index in [1.165, 1.54) is 6.08 Å². The number of carbonyl (C=O) groups excluding carboxylic acids is 1. The molecule has 0 unspecified atom stereocenters. The molecule has 0 saturated heterocycles. The Morgan fingerprint density at radius 2 is 2.00 bits per heavy atom. The first-order valence-corrected chi connectivity index (χ1v) is 10.2. The molecule has 4 rings (SSSR count). The molecule has 0 fully saturated rings. The minimum absolute atomic E-state index is 0.272. The number of benzene rings is 3. The molecule has 0 aliphatic heterocycles. The molecule has 0 aliphatic carbocycles. The highest BCUT2D eigenvalue weighted by atomic mass is 79.9. The zero-order chi connectivity index (χ0) is 21.1. The molecular weight excluding hydrogens is 468 g/mol. The summed E-state index contributed by atoms with van der Waals surface area (Å²) in [4.78, 5) is 16.9. The Balaban J connectivity index is 1.53. The van der Waals surface area contributed by atoms with Crippen LogP contribution in [0, 0.1) is 0 Å². The van der Waals surface area contributed by atoms with Gasteiger partial charge in [-0.25, -0.2) is 4.98 Å². The Bertz CT molecular complexity index is 1270. The van der Waals surface area contributed by atoms with Gasteiger partial charge in [-0.3, -0.25) is 4.79 Å². The molecule has 5 nitrogen and oxygen atoms in total. The maximum absolute atomic E-state index is 12.4. The lowest BCUT2D eigenvalue weighted by Crippen LogP contribution is -2.07. The van der Waals surface area contributed by atoms with Gasteiger partial charge in [0.05, 0.1) is 17.7 Å². The van der Waals surface area contributed by atoms with Gasteiger partial charge in [-0.1, -0.05) is 39.7 Å². The van der Waals surface area contributed by atoms with Crippen molar-refractivity contribution < 1.29 is 13.9 Å². The van der Waals surface area contributed by atoms with Crippen molar-refractivity contribution in [2.24, 2.45) is 0 Å². The van der Waals surface area contributed by atoms with Crippen LogP contribution in [0.4, 0.5) is 5.69 Å². The fraction of sp³-hybridized carbons (Fsp3) is 0.0435. The van der Waals surface area contributed by atoms with Gasteiger partial charge in [0.15, 0.2) is 5.58 Å². The summed E-state index contributed by atoms with van der Waals surface area (Å²) < 4.78 is 12.0. The van der Waals surface area contributed by atoms with E-state index in [4.69, 9.17) is 20.8 Å². The highest BCUT2D eigenvalue weighted by Crippen LogP contribution is 2.30. The fourth-order valence-electron chi connectivity index (χ4n) is 2.94. The summed E-state index contributed by atoms with van der Waals surface area (Å²) in [5.74, 6) is 0.838. The van der Waals surface area contributed by atoms with Crippen molar-refractivity contribution in [3.05, 3.63) is 81.8 Å². The zero-order valence-electron chi connectivity index (χ0n) is 15.9. The quantitative estimate of drug-likeness (QED) is 0.326. The van der Waals surface area contributed by atoms with Crippen LogP contribution >= 0.6 is 27.5 Å². The van der Waals surface area contributed by atoms with Crippen molar-refractivity contribution >= 4 is 56.3 Å². The number of amides is 1. The number of methoxy groups -OCH3 is 1. The molecule has 0 atom stereocenters. The van der Waals surface area contributed by atoms with Gasteiger partial charge >= 0.3 is 0 Å². The number of carbonyl (C=O) groups is 1. The number of hydrogen-bond donors (Lipinski definition) is 1. The molecule has 0 bridgehead atoms. The first-order chi connectivity index (χ1) is 14.5. The number of oxazole rings is 1. The lowest BCUT2D eigenvalue weighted by molar-refractivity contribution is -0.111. The average molecular weight is 484 g/mol.